The third kappa shape index (κ3) is 2.58. The molecule has 0 atom stereocenters. The molecule has 1 heterocycles. The summed E-state index contributed by atoms with van der Waals surface area (Å²) in [6.07, 6.45) is 0. The second-order valence-electron chi connectivity index (χ2n) is 2.83. The fraction of sp³-hybridized carbons (Fsp3) is 0. The molecule has 0 radical (unpaired) electrons. The molecule has 0 saturated carbocycles. The molecular weight excluding hydrogens is 314 g/mol. The first kappa shape index (κ1) is 11.5. The van der Waals surface area contributed by atoms with E-state index < -0.39 is 0 Å². The van der Waals surface area contributed by atoms with E-state index in [1.807, 2.05) is 0 Å². The van der Waals surface area contributed by atoms with E-state index in [1.54, 1.807) is 23.7 Å². The third-order valence-electron chi connectivity index (χ3n) is 1.76. The molecule has 2 rings (SSSR count). The summed E-state index contributed by atoms with van der Waals surface area (Å²) in [5.41, 5.74) is 2.05. The van der Waals surface area contributed by atoms with Gasteiger partial charge in [-0.25, -0.2) is 0 Å². The maximum absolute atomic E-state index is 11.7. The maximum atomic E-state index is 11.7. The van der Waals surface area contributed by atoms with Gasteiger partial charge in [0.05, 0.1) is 5.02 Å². The van der Waals surface area contributed by atoms with Crippen molar-refractivity contribution in [3.63, 3.8) is 0 Å². The van der Waals surface area contributed by atoms with Gasteiger partial charge < -0.3 is 0 Å². The molecule has 4 nitrogen and oxygen atoms in total. The predicted molar refractivity (Wildman–Crippen MR) is 67.0 cm³/mol. The highest BCUT2D eigenvalue weighted by Crippen LogP contribution is 2.23. The number of anilines is 1. The molecule has 0 fully saturated rings. The lowest BCUT2D eigenvalue weighted by Crippen LogP contribution is -2.11. The summed E-state index contributed by atoms with van der Waals surface area (Å²) < 4.78 is 0.680. The number of aromatic nitrogens is 2. The molecule has 2 aromatic rings. The van der Waals surface area contributed by atoms with Crippen molar-refractivity contribution in [3.8, 4) is 0 Å². The van der Waals surface area contributed by atoms with Crippen LogP contribution >= 0.6 is 38.9 Å². The molecule has 16 heavy (non-hydrogen) atoms. The lowest BCUT2D eigenvalue weighted by atomic mass is 10.2. The van der Waals surface area contributed by atoms with Gasteiger partial charge in [-0.15, -0.1) is 10.2 Å². The number of carbonyl (C=O) groups is 1. The number of benzene rings is 1. The van der Waals surface area contributed by atoms with Crippen LogP contribution in [0.2, 0.25) is 5.02 Å². The molecule has 0 aliphatic heterocycles. The average Bonchev–Trinajstić information content (AvgIpc) is 2.74. The normalized spacial score (nSPS) is 10.1. The monoisotopic (exact) mass is 317 g/mol. The summed E-state index contributed by atoms with van der Waals surface area (Å²) in [6, 6.07) is 4.95. The van der Waals surface area contributed by atoms with E-state index in [1.165, 1.54) is 11.3 Å². The van der Waals surface area contributed by atoms with Crippen LogP contribution in [0.25, 0.3) is 0 Å². The van der Waals surface area contributed by atoms with Gasteiger partial charge in [0.15, 0.2) is 0 Å². The van der Waals surface area contributed by atoms with E-state index in [-0.39, 0.29) is 5.91 Å². The van der Waals surface area contributed by atoms with E-state index >= 15 is 0 Å². The van der Waals surface area contributed by atoms with Crippen molar-refractivity contribution in [2.75, 3.05) is 5.32 Å². The first-order valence-electron chi connectivity index (χ1n) is 4.19. The maximum Gasteiger partial charge on any atom is 0.257 e. The van der Waals surface area contributed by atoms with Crippen molar-refractivity contribution in [1.29, 1.82) is 0 Å². The van der Waals surface area contributed by atoms with Gasteiger partial charge in [0.2, 0.25) is 5.13 Å². The smallest absolute Gasteiger partial charge is 0.257 e. The van der Waals surface area contributed by atoms with Crippen LogP contribution in [0.5, 0.6) is 0 Å². The third-order valence-corrected chi connectivity index (χ3v) is 3.58. The number of amides is 1. The molecular formula is C9H5BrClN3OS. The zero-order chi connectivity index (χ0) is 11.5. The van der Waals surface area contributed by atoms with Crippen LogP contribution in [0.3, 0.4) is 0 Å². The largest absolute Gasteiger partial charge is 0.296 e. The molecule has 0 unspecified atom stereocenters. The summed E-state index contributed by atoms with van der Waals surface area (Å²) in [5, 5.41) is 11.0. The molecule has 0 aliphatic carbocycles. The van der Waals surface area contributed by atoms with Gasteiger partial charge in [-0.1, -0.05) is 22.9 Å². The lowest BCUT2D eigenvalue weighted by molar-refractivity contribution is 0.102. The first-order valence-corrected chi connectivity index (χ1v) is 6.24. The van der Waals surface area contributed by atoms with Gasteiger partial charge in [0.25, 0.3) is 5.91 Å². The Hall–Kier alpha value is -0.980. The SMILES string of the molecule is O=C(Nc1nncs1)c1ccc(Cl)c(Br)c1. The van der Waals surface area contributed by atoms with Crippen molar-refractivity contribution < 1.29 is 4.79 Å². The van der Waals surface area contributed by atoms with Crippen molar-refractivity contribution in [2.45, 2.75) is 0 Å². The summed E-state index contributed by atoms with van der Waals surface area (Å²) >= 11 is 10.3. The number of nitrogens with one attached hydrogen (secondary N) is 1. The second-order valence-corrected chi connectivity index (χ2v) is 4.92. The molecule has 1 amide bonds. The molecule has 0 spiro atoms. The minimum Gasteiger partial charge on any atom is -0.296 e. The van der Waals surface area contributed by atoms with E-state index in [9.17, 15) is 4.79 Å². The average molecular weight is 319 g/mol. The minimum atomic E-state index is -0.242. The number of rotatable bonds is 2. The van der Waals surface area contributed by atoms with Crippen molar-refractivity contribution >= 4 is 49.9 Å². The van der Waals surface area contributed by atoms with Crippen LogP contribution in [0.15, 0.2) is 28.2 Å². The van der Waals surface area contributed by atoms with Crippen LogP contribution in [-0.4, -0.2) is 16.1 Å². The van der Waals surface area contributed by atoms with Gasteiger partial charge in [-0.3, -0.25) is 10.1 Å². The number of hydrogen-bond donors (Lipinski definition) is 1. The van der Waals surface area contributed by atoms with E-state index in [0.29, 0.717) is 20.2 Å². The Morgan fingerprint density at radius 2 is 2.31 bits per heavy atom. The Bertz CT molecular complexity index is 517. The fourth-order valence-corrected chi connectivity index (χ4v) is 1.97. The molecule has 1 aromatic carbocycles. The fourth-order valence-electron chi connectivity index (χ4n) is 1.03. The van der Waals surface area contributed by atoms with Crippen molar-refractivity contribution in [2.24, 2.45) is 0 Å². The number of carbonyl (C=O) groups excluding carboxylic acids is 1. The van der Waals surface area contributed by atoms with Gasteiger partial charge in [0.1, 0.15) is 5.51 Å². The lowest BCUT2D eigenvalue weighted by Gasteiger charge is -2.02. The van der Waals surface area contributed by atoms with Gasteiger partial charge in [0, 0.05) is 10.0 Å². The van der Waals surface area contributed by atoms with Crippen LogP contribution in [-0.2, 0) is 0 Å². The van der Waals surface area contributed by atoms with Gasteiger partial charge >= 0.3 is 0 Å². The number of halogens is 2. The van der Waals surface area contributed by atoms with E-state index in [2.05, 4.69) is 31.4 Å². The van der Waals surface area contributed by atoms with Crippen molar-refractivity contribution in [1.82, 2.24) is 10.2 Å². The summed E-state index contributed by atoms with van der Waals surface area (Å²) in [4.78, 5) is 11.7. The second kappa shape index (κ2) is 4.90. The zero-order valence-electron chi connectivity index (χ0n) is 7.78. The minimum absolute atomic E-state index is 0.242. The first-order chi connectivity index (χ1) is 7.66. The van der Waals surface area contributed by atoms with Crippen molar-refractivity contribution in [3.05, 3.63) is 38.8 Å². The van der Waals surface area contributed by atoms with Crippen LogP contribution < -0.4 is 5.32 Å². The van der Waals surface area contributed by atoms with Crippen LogP contribution in [0, 0.1) is 0 Å². The van der Waals surface area contributed by atoms with Gasteiger partial charge in [-0.05, 0) is 34.1 Å². The highest BCUT2D eigenvalue weighted by Gasteiger charge is 2.09. The molecule has 82 valence electrons. The standard InChI is InChI=1S/C9H5BrClN3OS/c10-6-3-5(1-2-7(6)11)8(15)13-9-14-12-4-16-9/h1-4H,(H,13,14,15). The molecule has 0 saturated heterocycles. The van der Waals surface area contributed by atoms with E-state index in [0.717, 1.165) is 0 Å². The Morgan fingerprint density at radius 3 is 2.94 bits per heavy atom. The van der Waals surface area contributed by atoms with Crippen LogP contribution in [0.1, 0.15) is 10.4 Å². The van der Waals surface area contributed by atoms with E-state index in [4.69, 9.17) is 11.6 Å². The molecule has 1 aromatic heterocycles. The summed E-state index contributed by atoms with van der Waals surface area (Å²) in [7, 11) is 0. The Kier molecular flexibility index (Phi) is 3.52. The number of nitrogens with zero attached hydrogens (tertiary/aromatic N) is 2. The van der Waals surface area contributed by atoms with Gasteiger partial charge in [-0.2, -0.15) is 0 Å². The Balaban J connectivity index is 2.18. The Morgan fingerprint density at radius 1 is 1.50 bits per heavy atom. The summed E-state index contributed by atoms with van der Waals surface area (Å²) in [6.45, 7) is 0. The highest BCUT2D eigenvalue weighted by molar-refractivity contribution is 9.10. The molecule has 7 heteroatoms. The quantitative estimate of drug-likeness (QED) is 0.925. The highest BCUT2D eigenvalue weighted by atomic mass is 79.9. The molecule has 0 aliphatic rings. The molecule has 0 bridgehead atoms. The topological polar surface area (TPSA) is 54.9 Å². The number of hydrogen-bond acceptors (Lipinski definition) is 4. The Labute approximate surface area is 109 Å². The molecule has 1 N–H and O–H groups in total. The van der Waals surface area contributed by atoms with Crippen LogP contribution in [0.4, 0.5) is 5.13 Å². The zero-order valence-corrected chi connectivity index (χ0v) is 10.9. The summed E-state index contributed by atoms with van der Waals surface area (Å²) in [5.74, 6) is -0.242. The predicted octanol–water partition coefficient (Wildman–Crippen LogP) is 3.21.